The van der Waals surface area contributed by atoms with Crippen LogP contribution in [0.15, 0.2) is 35.9 Å². The van der Waals surface area contributed by atoms with Crippen LogP contribution in [0.4, 0.5) is 0 Å². The first-order chi connectivity index (χ1) is 8.48. The number of Topliss-reactive ketones (excluding diaryl/α,β-unsaturated/α-hetero) is 1. The van der Waals surface area contributed by atoms with Crippen molar-refractivity contribution in [3.05, 3.63) is 47.0 Å². The molecule has 0 fully saturated rings. The van der Waals surface area contributed by atoms with Gasteiger partial charge in [0.05, 0.1) is 0 Å². The first-order valence-corrected chi connectivity index (χ1v) is 6.83. The van der Waals surface area contributed by atoms with Gasteiger partial charge in [-0.25, -0.2) is 0 Å². The third-order valence-electron chi connectivity index (χ3n) is 3.60. The van der Waals surface area contributed by atoms with E-state index in [1.807, 2.05) is 12.1 Å². The van der Waals surface area contributed by atoms with E-state index in [1.165, 1.54) is 12.0 Å². The Bertz CT molecular complexity index is 457. The monoisotopic (exact) mass is 242 g/mol. The molecule has 0 heterocycles. The van der Waals surface area contributed by atoms with Gasteiger partial charge in [0.2, 0.25) is 0 Å². The molecule has 1 aromatic rings. The number of allylic oxidation sites excluding steroid dienone is 2. The van der Waals surface area contributed by atoms with Gasteiger partial charge in [-0.15, -0.1) is 0 Å². The van der Waals surface area contributed by atoms with E-state index >= 15 is 0 Å². The summed E-state index contributed by atoms with van der Waals surface area (Å²) in [5, 5.41) is 0. The van der Waals surface area contributed by atoms with Crippen molar-refractivity contribution in [3.63, 3.8) is 0 Å². The molecule has 0 saturated heterocycles. The summed E-state index contributed by atoms with van der Waals surface area (Å²) < 4.78 is 0. The zero-order valence-electron chi connectivity index (χ0n) is 11.6. The minimum Gasteiger partial charge on any atom is -0.289 e. The van der Waals surface area contributed by atoms with Crippen LogP contribution in [0.5, 0.6) is 0 Å². The second-order valence-corrected chi connectivity index (χ2v) is 6.13. The summed E-state index contributed by atoms with van der Waals surface area (Å²) in [6, 6.07) is 8.10. The first-order valence-electron chi connectivity index (χ1n) is 6.83. The zero-order valence-corrected chi connectivity index (χ0v) is 11.6. The molecule has 0 spiro atoms. The van der Waals surface area contributed by atoms with Crippen LogP contribution in [0, 0.1) is 0 Å². The standard InChI is InChI=1S/C17H22O/c1-17(2,3)15-11-9-14(10-12-15)16(18)13-7-5-4-6-8-13/h7,9-12H,4-6,8H2,1-3H3. The number of carbonyl (C=O) groups excluding carboxylic acids is 1. The molecule has 1 nitrogen and oxygen atoms in total. The van der Waals surface area contributed by atoms with Crippen molar-refractivity contribution in [2.45, 2.75) is 51.9 Å². The Labute approximate surface area is 110 Å². The molecule has 0 aromatic heterocycles. The Morgan fingerprint density at radius 1 is 1.06 bits per heavy atom. The topological polar surface area (TPSA) is 17.1 Å². The van der Waals surface area contributed by atoms with E-state index in [-0.39, 0.29) is 11.2 Å². The molecule has 0 N–H and O–H groups in total. The molecule has 0 aliphatic heterocycles. The SMILES string of the molecule is CC(C)(C)c1ccc(C(=O)C2=CCCCC2)cc1. The second-order valence-electron chi connectivity index (χ2n) is 6.13. The highest BCUT2D eigenvalue weighted by molar-refractivity contribution is 6.08. The number of carbonyl (C=O) groups is 1. The van der Waals surface area contributed by atoms with Gasteiger partial charge in [-0.1, -0.05) is 51.1 Å². The first kappa shape index (κ1) is 13.1. The van der Waals surface area contributed by atoms with Crippen LogP contribution < -0.4 is 0 Å². The highest BCUT2D eigenvalue weighted by Crippen LogP contribution is 2.25. The van der Waals surface area contributed by atoms with E-state index in [4.69, 9.17) is 0 Å². The minimum absolute atomic E-state index is 0.145. The summed E-state index contributed by atoms with van der Waals surface area (Å²) in [6.07, 6.45) is 6.49. The van der Waals surface area contributed by atoms with E-state index in [9.17, 15) is 4.79 Å². The molecule has 0 radical (unpaired) electrons. The fraction of sp³-hybridized carbons (Fsp3) is 0.471. The van der Waals surface area contributed by atoms with Crippen LogP contribution in [0.3, 0.4) is 0 Å². The Kier molecular flexibility index (Phi) is 3.70. The lowest BCUT2D eigenvalue weighted by molar-refractivity contribution is 0.102. The molecule has 2 rings (SSSR count). The molecule has 1 aliphatic rings. The van der Waals surface area contributed by atoms with Crippen molar-refractivity contribution in [2.75, 3.05) is 0 Å². The number of benzene rings is 1. The van der Waals surface area contributed by atoms with Gasteiger partial charge in [0.25, 0.3) is 0 Å². The van der Waals surface area contributed by atoms with Gasteiger partial charge in [-0.3, -0.25) is 4.79 Å². The molecule has 0 unspecified atom stereocenters. The third kappa shape index (κ3) is 2.90. The van der Waals surface area contributed by atoms with Crippen molar-refractivity contribution in [1.82, 2.24) is 0 Å². The smallest absolute Gasteiger partial charge is 0.188 e. The van der Waals surface area contributed by atoms with E-state index < -0.39 is 0 Å². The van der Waals surface area contributed by atoms with Crippen LogP contribution in [0.1, 0.15) is 62.4 Å². The number of hydrogen-bond acceptors (Lipinski definition) is 1. The van der Waals surface area contributed by atoms with Gasteiger partial charge in [-0.05, 0) is 42.2 Å². The van der Waals surface area contributed by atoms with Crippen LogP contribution in [0.2, 0.25) is 0 Å². The predicted octanol–water partition coefficient (Wildman–Crippen LogP) is 4.67. The molecule has 1 aromatic carbocycles. The van der Waals surface area contributed by atoms with E-state index in [0.29, 0.717) is 0 Å². The summed E-state index contributed by atoms with van der Waals surface area (Å²) in [4.78, 5) is 12.3. The van der Waals surface area contributed by atoms with E-state index in [1.54, 1.807) is 0 Å². The Morgan fingerprint density at radius 3 is 2.22 bits per heavy atom. The Morgan fingerprint density at radius 2 is 1.72 bits per heavy atom. The predicted molar refractivity (Wildman–Crippen MR) is 76.0 cm³/mol. The van der Waals surface area contributed by atoms with Crippen molar-refractivity contribution in [3.8, 4) is 0 Å². The molecule has 0 atom stereocenters. The maximum absolute atomic E-state index is 12.3. The van der Waals surface area contributed by atoms with Crippen LogP contribution >= 0.6 is 0 Å². The molecular formula is C17H22O. The molecule has 0 amide bonds. The van der Waals surface area contributed by atoms with Crippen LogP contribution in [0.25, 0.3) is 0 Å². The molecule has 18 heavy (non-hydrogen) atoms. The fourth-order valence-corrected chi connectivity index (χ4v) is 2.35. The average Bonchev–Trinajstić information content (AvgIpc) is 2.38. The minimum atomic E-state index is 0.145. The van der Waals surface area contributed by atoms with Crippen molar-refractivity contribution in [1.29, 1.82) is 0 Å². The lowest BCUT2D eigenvalue weighted by Gasteiger charge is -2.19. The molecule has 0 saturated carbocycles. The normalized spacial score (nSPS) is 16.3. The lowest BCUT2D eigenvalue weighted by Crippen LogP contribution is -2.12. The van der Waals surface area contributed by atoms with Crippen molar-refractivity contribution in [2.24, 2.45) is 0 Å². The maximum atomic E-state index is 12.3. The summed E-state index contributed by atoms with van der Waals surface area (Å²) >= 11 is 0. The third-order valence-corrected chi connectivity index (χ3v) is 3.60. The van der Waals surface area contributed by atoms with Gasteiger partial charge in [-0.2, -0.15) is 0 Å². The average molecular weight is 242 g/mol. The Hall–Kier alpha value is -1.37. The number of hydrogen-bond donors (Lipinski definition) is 0. The maximum Gasteiger partial charge on any atom is 0.188 e. The van der Waals surface area contributed by atoms with Gasteiger partial charge in [0.1, 0.15) is 0 Å². The van der Waals surface area contributed by atoms with E-state index in [0.717, 1.165) is 30.4 Å². The second kappa shape index (κ2) is 5.09. The van der Waals surface area contributed by atoms with Gasteiger partial charge in [0, 0.05) is 5.56 Å². The van der Waals surface area contributed by atoms with Crippen molar-refractivity contribution >= 4 is 5.78 Å². The number of ketones is 1. The van der Waals surface area contributed by atoms with E-state index in [2.05, 4.69) is 39.0 Å². The number of rotatable bonds is 2. The lowest BCUT2D eigenvalue weighted by atomic mass is 9.85. The largest absolute Gasteiger partial charge is 0.289 e. The van der Waals surface area contributed by atoms with Gasteiger partial charge >= 0.3 is 0 Å². The van der Waals surface area contributed by atoms with Gasteiger partial charge < -0.3 is 0 Å². The zero-order chi connectivity index (χ0) is 13.2. The molecule has 96 valence electrons. The summed E-state index contributed by atoms with van der Waals surface area (Å²) in [7, 11) is 0. The molecule has 1 heteroatoms. The van der Waals surface area contributed by atoms with Gasteiger partial charge in [0.15, 0.2) is 5.78 Å². The summed E-state index contributed by atoms with van der Waals surface area (Å²) in [5.41, 5.74) is 3.25. The van der Waals surface area contributed by atoms with Crippen LogP contribution in [-0.2, 0) is 5.41 Å². The summed E-state index contributed by atoms with van der Waals surface area (Å²) in [5.74, 6) is 0.218. The Balaban J connectivity index is 2.19. The summed E-state index contributed by atoms with van der Waals surface area (Å²) in [6.45, 7) is 6.56. The molecule has 0 bridgehead atoms. The highest BCUT2D eigenvalue weighted by Gasteiger charge is 2.17. The quantitative estimate of drug-likeness (QED) is 0.689. The van der Waals surface area contributed by atoms with Crippen molar-refractivity contribution < 1.29 is 4.79 Å². The molecule has 1 aliphatic carbocycles. The molecular weight excluding hydrogens is 220 g/mol. The van der Waals surface area contributed by atoms with Crippen LogP contribution in [-0.4, -0.2) is 5.78 Å². The fourth-order valence-electron chi connectivity index (χ4n) is 2.35. The highest BCUT2D eigenvalue weighted by atomic mass is 16.1.